The topological polar surface area (TPSA) is 38.8 Å². The lowest BCUT2D eigenvalue weighted by Gasteiger charge is -2.29. The van der Waals surface area contributed by atoms with Crippen molar-refractivity contribution in [3.63, 3.8) is 0 Å². The minimum absolute atomic E-state index is 0.0427. The van der Waals surface area contributed by atoms with E-state index in [9.17, 15) is 9.18 Å². The number of hydrogen-bond donors (Lipinski definition) is 0. The van der Waals surface area contributed by atoms with E-state index in [0.717, 1.165) is 31.2 Å². The molecule has 0 aromatic heterocycles. The number of nitrogens with zero attached hydrogens (tertiary/aromatic N) is 1. The lowest BCUT2D eigenvalue weighted by Crippen LogP contribution is -2.40. The van der Waals surface area contributed by atoms with E-state index >= 15 is 0 Å². The zero-order valence-electron chi connectivity index (χ0n) is 15.5. The van der Waals surface area contributed by atoms with Gasteiger partial charge < -0.3 is 14.4 Å². The highest BCUT2D eigenvalue weighted by Crippen LogP contribution is 2.34. The van der Waals surface area contributed by atoms with E-state index in [1.54, 1.807) is 6.07 Å². The van der Waals surface area contributed by atoms with Gasteiger partial charge in [0.05, 0.1) is 0 Å². The Hall–Kier alpha value is -2.56. The third kappa shape index (κ3) is 3.77. The summed E-state index contributed by atoms with van der Waals surface area (Å²) in [6.07, 6.45) is 3.72. The number of rotatable bonds is 4. The summed E-state index contributed by atoms with van der Waals surface area (Å²) in [5, 5.41) is 0. The average Bonchev–Trinajstić information content (AvgIpc) is 3.07. The lowest BCUT2D eigenvalue weighted by atomic mass is 10.0. The SMILES string of the molecule is C[C@@H]1CC[C@H](CCc2ccc(F)cc2)N1C(=O)c1ccc2c(c1)OCCO2. The van der Waals surface area contributed by atoms with E-state index in [4.69, 9.17) is 9.47 Å². The molecule has 2 heterocycles. The Morgan fingerprint density at radius 1 is 1.07 bits per heavy atom. The number of likely N-dealkylation sites (tertiary alicyclic amines) is 1. The molecule has 0 bridgehead atoms. The first-order chi connectivity index (χ1) is 13.1. The molecule has 0 saturated carbocycles. The van der Waals surface area contributed by atoms with Crippen LogP contribution < -0.4 is 9.47 Å². The second kappa shape index (κ2) is 7.59. The molecular formula is C22H24FNO3. The van der Waals surface area contributed by atoms with Crippen LogP contribution in [0.3, 0.4) is 0 Å². The van der Waals surface area contributed by atoms with Gasteiger partial charge in [-0.25, -0.2) is 4.39 Å². The van der Waals surface area contributed by atoms with E-state index < -0.39 is 0 Å². The molecule has 1 fully saturated rings. The quantitative estimate of drug-likeness (QED) is 0.810. The molecule has 0 spiro atoms. The second-order valence-electron chi connectivity index (χ2n) is 7.32. The van der Waals surface area contributed by atoms with Crippen LogP contribution in [0.15, 0.2) is 42.5 Å². The van der Waals surface area contributed by atoms with Crippen molar-refractivity contribution in [2.24, 2.45) is 0 Å². The summed E-state index contributed by atoms with van der Waals surface area (Å²) >= 11 is 0. The third-order valence-corrected chi connectivity index (χ3v) is 5.49. The highest BCUT2D eigenvalue weighted by Gasteiger charge is 2.34. The summed E-state index contributed by atoms with van der Waals surface area (Å²) in [7, 11) is 0. The Morgan fingerprint density at radius 2 is 1.81 bits per heavy atom. The summed E-state index contributed by atoms with van der Waals surface area (Å²) in [6, 6.07) is 12.5. The van der Waals surface area contributed by atoms with Gasteiger partial charge in [-0.15, -0.1) is 0 Å². The molecule has 0 unspecified atom stereocenters. The van der Waals surface area contributed by atoms with Gasteiger partial charge in [-0.05, 0) is 68.5 Å². The van der Waals surface area contributed by atoms with Crippen molar-refractivity contribution in [2.45, 2.75) is 44.7 Å². The molecule has 1 saturated heterocycles. The molecule has 2 aliphatic heterocycles. The molecule has 4 nitrogen and oxygen atoms in total. The van der Waals surface area contributed by atoms with Gasteiger partial charge in [0.1, 0.15) is 19.0 Å². The van der Waals surface area contributed by atoms with Gasteiger partial charge in [0, 0.05) is 17.6 Å². The van der Waals surface area contributed by atoms with Crippen molar-refractivity contribution in [1.29, 1.82) is 0 Å². The highest BCUT2D eigenvalue weighted by molar-refractivity contribution is 5.95. The molecule has 0 radical (unpaired) electrons. The van der Waals surface area contributed by atoms with Crippen LogP contribution >= 0.6 is 0 Å². The monoisotopic (exact) mass is 369 g/mol. The molecular weight excluding hydrogens is 345 g/mol. The second-order valence-corrected chi connectivity index (χ2v) is 7.32. The fraction of sp³-hybridized carbons (Fsp3) is 0.409. The molecule has 1 amide bonds. The van der Waals surface area contributed by atoms with Crippen LogP contribution in [0.2, 0.25) is 0 Å². The molecule has 142 valence electrons. The van der Waals surface area contributed by atoms with Crippen molar-refractivity contribution in [2.75, 3.05) is 13.2 Å². The van der Waals surface area contributed by atoms with Crippen LogP contribution in [0.25, 0.3) is 0 Å². The Balaban J connectivity index is 1.48. The number of carbonyl (C=O) groups excluding carboxylic acids is 1. The minimum atomic E-state index is -0.219. The number of halogens is 1. The van der Waals surface area contributed by atoms with Gasteiger partial charge in [-0.1, -0.05) is 12.1 Å². The van der Waals surface area contributed by atoms with Crippen molar-refractivity contribution >= 4 is 5.91 Å². The number of hydrogen-bond acceptors (Lipinski definition) is 3. The standard InChI is InChI=1S/C22H24FNO3/c1-15-2-9-19(10-5-16-3-7-18(23)8-4-16)24(15)22(25)17-6-11-20-21(14-17)27-13-12-26-20/h3-4,6-8,11,14-15,19H,2,5,9-10,12-13H2,1H3/t15-,19-/m1/s1. The van der Waals surface area contributed by atoms with Crippen LogP contribution in [0, 0.1) is 5.82 Å². The van der Waals surface area contributed by atoms with Crippen LogP contribution in [0.5, 0.6) is 11.5 Å². The number of amides is 1. The number of ether oxygens (including phenoxy) is 2. The van der Waals surface area contributed by atoms with Crippen molar-refractivity contribution < 1.29 is 18.7 Å². The first-order valence-electron chi connectivity index (χ1n) is 9.58. The molecule has 2 aliphatic rings. The minimum Gasteiger partial charge on any atom is -0.486 e. The van der Waals surface area contributed by atoms with Gasteiger partial charge in [0.15, 0.2) is 11.5 Å². The first-order valence-corrected chi connectivity index (χ1v) is 9.58. The Morgan fingerprint density at radius 3 is 2.59 bits per heavy atom. The van der Waals surface area contributed by atoms with Crippen molar-refractivity contribution in [1.82, 2.24) is 4.90 Å². The summed E-state index contributed by atoms with van der Waals surface area (Å²) in [5.41, 5.74) is 1.74. The molecule has 0 N–H and O–H groups in total. The van der Waals surface area contributed by atoms with E-state index in [0.29, 0.717) is 30.3 Å². The van der Waals surface area contributed by atoms with Gasteiger partial charge in [-0.2, -0.15) is 0 Å². The van der Waals surface area contributed by atoms with Crippen LogP contribution in [0.1, 0.15) is 42.1 Å². The smallest absolute Gasteiger partial charge is 0.254 e. The maximum absolute atomic E-state index is 13.2. The predicted octanol–water partition coefficient (Wildman–Crippen LogP) is 4.22. The maximum Gasteiger partial charge on any atom is 0.254 e. The molecule has 4 rings (SSSR count). The van der Waals surface area contributed by atoms with E-state index in [2.05, 4.69) is 6.92 Å². The van der Waals surface area contributed by atoms with Gasteiger partial charge in [-0.3, -0.25) is 4.79 Å². The Labute approximate surface area is 158 Å². The average molecular weight is 369 g/mol. The fourth-order valence-electron chi connectivity index (χ4n) is 4.03. The first kappa shape index (κ1) is 17.8. The van der Waals surface area contributed by atoms with Crippen LogP contribution in [-0.4, -0.2) is 36.1 Å². The summed E-state index contributed by atoms with van der Waals surface area (Å²) in [4.78, 5) is 15.2. The van der Waals surface area contributed by atoms with E-state index in [1.807, 2.05) is 29.2 Å². The number of aryl methyl sites for hydroxylation is 1. The molecule has 0 aliphatic carbocycles. The van der Waals surface area contributed by atoms with Gasteiger partial charge in [0.2, 0.25) is 0 Å². The molecule has 27 heavy (non-hydrogen) atoms. The highest BCUT2D eigenvalue weighted by atomic mass is 19.1. The maximum atomic E-state index is 13.2. The van der Waals surface area contributed by atoms with Crippen molar-refractivity contribution in [3.8, 4) is 11.5 Å². The van der Waals surface area contributed by atoms with E-state index in [-0.39, 0.29) is 23.8 Å². The van der Waals surface area contributed by atoms with Gasteiger partial charge in [0.25, 0.3) is 5.91 Å². The molecule has 2 aromatic carbocycles. The number of carbonyl (C=O) groups is 1. The Kier molecular flexibility index (Phi) is 5.01. The lowest BCUT2D eigenvalue weighted by molar-refractivity contribution is 0.0671. The van der Waals surface area contributed by atoms with E-state index in [1.165, 1.54) is 12.1 Å². The predicted molar refractivity (Wildman–Crippen MR) is 101 cm³/mol. The normalized spacial score (nSPS) is 21.3. The molecule has 5 heteroatoms. The zero-order valence-corrected chi connectivity index (χ0v) is 15.5. The summed E-state index contributed by atoms with van der Waals surface area (Å²) < 4.78 is 24.2. The molecule has 2 aromatic rings. The Bertz CT molecular complexity index is 821. The summed E-state index contributed by atoms with van der Waals surface area (Å²) in [5.74, 6) is 1.16. The zero-order chi connectivity index (χ0) is 18.8. The van der Waals surface area contributed by atoms with Gasteiger partial charge >= 0.3 is 0 Å². The van der Waals surface area contributed by atoms with Crippen LogP contribution in [-0.2, 0) is 6.42 Å². The molecule has 2 atom stereocenters. The largest absolute Gasteiger partial charge is 0.486 e. The van der Waals surface area contributed by atoms with Crippen molar-refractivity contribution in [3.05, 3.63) is 59.4 Å². The third-order valence-electron chi connectivity index (χ3n) is 5.49. The number of fused-ring (bicyclic) bond motifs is 1. The summed E-state index contributed by atoms with van der Waals surface area (Å²) in [6.45, 7) is 3.15. The number of benzene rings is 2. The van der Waals surface area contributed by atoms with Crippen LogP contribution in [0.4, 0.5) is 4.39 Å². The fourth-order valence-corrected chi connectivity index (χ4v) is 4.03.